The van der Waals surface area contributed by atoms with Gasteiger partial charge in [0.15, 0.2) is 0 Å². The molecule has 0 spiro atoms. The quantitative estimate of drug-likeness (QED) is 0.199. The molecule has 3 amide bonds. The van der Waals surface area contributed by atoms with Crippen molar-refractivity contribution >= 4 is 28.6 Å². The summed E-state index contributed by atoms with van der Waals surface area (Å²) in [5.41, 5.74) is 4.71. The minimum atomic E-state index is -0.840. The maximum atomic E-state index is 13.0. The first-order valence-electron chi connectivity index (χ1n) is 11.1. The number of carbonyl (C=O) groups excluding carboxylic acids is 3. The molecule has 1 atom stereocenters. The number of para-hydroxylation sites is 1. The predicted molar refractivity (Wildman–Crippen MR) is 128 cm³/mol. The smallest absolute Gasteiger partial charge is 0.248 e. The van der Waals surface area contributed by atoms with Gasteiger partial charge in [-0.05, 0) is 31.6 Å². The van der Waals surface area contributed by atoms with E-state index < -0.39 is 17.9 Å². The highest BCUT2D eigenvalue weighted by atomic mass is 16.5. The molecule has 9 heteroatoms. The van der Waals surface area contributed by atoms with Crippen LogP contribution in [0.5, 0.6) is 0 Å². The van der Waals surface area contributed by atoms with Crippen LogP contribution in [0.4, 0.5) is 0 Å². The number of likely N-dealkylation sites (N-methyl/N-ethyl adjacent to an activating group) is 2. The number of hydrogen-bond acceptors (Lipinski definition) is 5. The van der Waals surface area contributed by atoms with Crippen molar-refractivity contribution in [3.63, 3.8) is 0 Å². The van der Waals surface area contributed by atoms with E-state index >= 15 is 0 Å². The number of hydrogen-bond donors (Lipinski definition) is 5. The highest BCUT2D eigenvalue weighted by Gasteiger charge is 2.25. The average Bonchev–Trinajstić information content (AvgIpc) is 3.13. The van der Waals surface area contributed by atoms with Crippen LogP contribution in [0.15, 0.2) is 35.9 Å². The Bertz CT molecular complexity index is 1010. The number of allylic oxidation sites excluding steroid dienone is 1. The second kappa shape index (κ2) is 12.2. The zero-order valence-electron chi connectivity index (χ0n) is 20.0. The van der Waals surface area contributed by atoms with Crippen LogP contribution in [0.25, 0.3) is 10.9 Å². The second-order valence-corrected chi connectivity index (χ2v) is 8.67. The van der Waals surface area contributed by atoms with Crippen molar-refractivity contribution in [3.05, 3.63) is 47.2 Å². The summed E-state index contributed by atoms with van der Waals surface area (Å²) in [5.74, 6) is -1.55. The van der Waals surface area contributed by atoms with Gasteiger partial charge in [-0.25, -0.2) is 5.48 Å². The monoisotopic (exact) mass is 457 g/mol. The van der Waals surface area contributed by atoms with Crippen LogP contribution in [0.2, 0.25) is 0 Å². The Morgan fingerprint density at radius 2 is 1.88 bits per heavy atom. The number of nitrogens with one attached hydrogen (secondary N) is 4. The molecular formula is C24H35N5O4. The molecular weight excluding hydrogens is 422 g/mol. The summed E-state index contributed by atoms with van der Waals surface area (Å²) in [6.07, 6.45) is 2.42. The minimum Gasteiger partial charge on any atom is -0.358 e. The largest absolute Gasteiger partial charge is 0.358 e. The summed E-state index contributed by atoms with van der Waals surface area (Å²) >= 11 is 0. The molecule has 2 rings (SSSR count). The Hall–Kier alpha value is -3.17. The van der Waals surface area contributed by atoms with Crippen LogP contribution in [-0.2, 0) is 27.2 Å². The predicted octanol–water partition coefficient (Wildman–Crippen LogP) is 1.52. The Morgan fingerprint density at radius 3 is 2.48 bits per heavy atom. The third kappa shape index (κ3) is 7.44. The fourth-order valence-electron chi connectivity index (χ4n) is 3.71. The molecule has 1 aromatic heterocycles. The number of aromatic amines is 1. The van der Waals surface area contributed by atoms with E-state index in [9.17, 15) is 14.4 Å². The van der Waals surface area contributed by atoms with Crippen LogP contribution in [0.3, 0.4) is 0 Å². The van der Waals surface area contributed by atoms with Crippen molar-refractivity contribution in [2.45, 2.75) is 39.2 Å². The SMILES string of the molecule is CNC(=O)C(Cc1c(CCN(C)C)[nH]c2ccccc12)NC(=O)/C(=C/C(C)C)CC(=O)NO. The molecule has 0 bridgehead atoms. The van der Waals surface area contributed by atoms with E-state index in [1.807, 2.05) is 52.2 Å². The second-order valence-electron chi connectivity index (χ2n) is 8.67. The van der Waals surface area contributed by atoms with E-state index in [1.54, 1.807) is 11.6 Å². The Labute approximate surface area is 194 Å². The molecule has 0 aliphatic heterocycles. The van der Waals surface area contributed by atoms with Crippen LogP contribution >= 0.6 is 0 Å². The molecule has 33 heavy (non-hydrogen) atoms. The Balaban J connectivity index is 2.37. The maximum Gasteiger partial charge on any atom is 0.248 e. The number of hydroxylamine groups is 1. The maximum absolute atomic E-state index is 13.0. The van der Waals surface area contributed by atoms with Crippen molar-refractivity contribution in [3.8, 4) is 0 Å². The summed E-state index contributed by atoms with van der Waals surface area (Å²) in [6.45, 7) is 4.58. The standard InChI is InChI=1S/C24H35N5O4/c1-15(2)12-16(13-22(30)28-33)23(31)27-21(24(32)25-3)14-18-17-8-6-7-9-19(17)26-20(18)10-11-29(4)5/h6-9,12,15,21,26,33H,10-11,13-14H2,1-5H3,(H,25,32)(H,27,31)(H,28,30)/b16-12+. The van der Waals surface area contributed by atoms with Gasteiger partial charge in [0.25, 0.3) is 0 Å². The van der Waals surface area contributed by atoms with Crippen molar-refractivity contribution < 1.29 is 19.6 Å². The molecule has 1 heterocycles. The highest BCUT2D eigenvalue weighted by Crippen LogP contribution is 2.25. The molecule has 0 saturated heterocycles. The topological polar surface area (TPSA) is 127 Å². The van der Waals surface area contributed by atoms with Crippen molar-refractivity contribution in [1.82, 2.24) is 26.0 Å². The molecule has 9 nitrogen and oxygen atoms in total. The summed E-state index contributed by atoms with van der Waals surface area (Å²) in [6, 6.07) is 7.04. The first kappa shape index (κ1) is 26.1. The molecule has 0 aliphatic rings. The molecule has 2 aromatic rings. The number of amides is 3. The lowest BCUT2D eigenvalue weighted by molar-refractivity contribution is -0.130. The van der Waals surface area contributed by atoms with Crippen molar-refractivity contribution in [2.75, 3.05) is 27.7 Å². The summed E-state index contributed by atoms with van der Waals surface area (Å²) < 4.78 is 0. The lowest BCUT2D eigenvalue weighted by Crippen LogP contribution is -2.47. The van der Waals surface area contributed by atoms with Crippen LogP contribution in [0, 0.1) is 5.92 Å². The van der Waals surface area contributed by atoms with Gasteiger partial charge in [0, 0.05) is 48.6 Å². The van der Waals surface area contributed by atoms with Gasteiger partial charge >= 0.3 is 0 Å². The fraction of sp³-hybridized carbons (Fsp3) is 0.458. The van der Waals surface area contributed by atoms with Crippen LogP contribution in [0.1, 0.15) is 31.5 Å². The number of benzene rings is 1. The van der Waals surface area contributed by atoms with E-state index in [-0.39, 0.29) is 23.8 Å². The minimum absolute atomic E-state index is 0.00180. The average molecular weight is 458 g/mol. The Kier molecular flexibility index (Phi) is 9.62. The number of fused-ring (bicyclic) bond motifs is 1. The van der Waals surface area contributed by atoms with E-state index in [2.05, 4.69) is 20.5 Å². The molecule has 0 radical (unpaired) electrons. The number of nitrogens with zero attached hydrogens (tertiary/aromatic N) is 1. The molecule has 0 saturated carbocycles. The summed E-state index contributed by atoms with van der Waals surface area (Å²) in [7, 11) is 5.52. The summed E-state index contributed by atoms with van der Waals surface area (Å²) in [4.78, 5) is 43.0. The van der Waals surface area contributed by atoms with E-state index in [0.29, 0.717) is 6.42 Å². The lowest BCUT2D eigenvalue weighted by Gasteiger charge is -2.20. The van der Waals surface area contributed by atoms with E-state index in [4.69, 9.17) is 5.21 Å². The third-order valence-corrected chi connectivity index (χ3v) is 5.29. The molecule has 5 N–H and O–H groups in total. The van der Waals surface area contributed by atoms with Gasteiger partial charge in [0.1, 0.15) is 6.04 Å². The molecule has 1 aromatic carbocycles. The van der Waals surface area contributed by atoms with E-state index in [1.165, 1.54) is 7.05 Å². The normalized spacial score (nSPS) is 12.8. The van der Waals surface area contributed by atoms with Crippen LogP contribution in [-0.4, -0.2) is 66.5 Å². The van der Waals surface area contributed by atoms with Crippen molar-refractivity contribution in [2.24, 2.45) is 5.92 Å². The lowest BCUT2D eigenvalue weighted by atomic mass is 9.99. The molecule has 0 aliphatic carbocycles. The zero-order valence-corrected chi connectivity index (χ0v) is 20.0. The first-order chi connectivity index (χ1) is 15.7. The number of carbonyl (C=O) groups is 3. The molecule has 1 unspecified atom stereocenters. The van der Waals surface area contributed by atoms with Gasteiger partial charge in [-0.2, -0.15) is 0 Å². The van der Waals surface area contributed by atoms with Gasteiger partial charge in [0.05, 0.1) is 6.42 Å². The number of aromatic nitrogens is 1. The van der Waals surface area contributed by atoms with Gasteiger partial charge in [-0.15, -0.1) is 0 Å². The van der Waals surface area contributed by atoms with Gasteiger partial charge in [-0.1, -0.05) is 38.1 Å². The fourth-order valence-corrected chi connectivity index (χ4v) is 3.71. The molecule has 180 valence electrons. The van der Waals surface area contributed by atoms with Crippen molar-refractivity contribution in [1.29, 1.82) is 0 Å². The van der Waals surface area contributed by atoms with Gasteiger partial charge in [0.2, 0.25) is 17.7 Å². The number of rotatable bonds is 11. The van der Waals surface area contributed by atoms with Crippen LogP contribution < -0.4 is 16.1 Å². The van der Waals surface area contributed by atoms with Gasteiger partial charge < -0.3 is 20.5 Å². The number of H-pyrrole nitrogens is 1. The third-order valence-electron chi connectivity index (χ3n) is 5.29. The Morgan fingerprint density at radius 1 is 1.18 bits per heavy atom. The highest BCUT2D eigenvalue weighted by molar-refractivity contribution is 6.01. The zero-order chi connectivity index (χ0) is 24.5. The van der Waals surface area contributed by atoms with E-state index in [0.717, 1.165) is 35.1 Å². The van der Waals surface area contributed by atoms with Gasteiger partial charge in [-0.3, -0.25) is 19.6 Å². The first-order valence-corrected chi connectivity index (χ1v) is 11.1. The summed E-state index contributed by atoms with van der Waals surface area (Å²) in [5, 5.41) is 15.3. The molecule has 0 fully saturated rings.